The van der Waals surface area contributed by atoms with Crippen molar-refractivity contribution < 1.29 is 14.3 Å². The Kier molecular flexibility index (Phi) is 7.91. The Morgan fingerprint density at radius 1 is 1.18 bits per heavy atom. The zero-order chi connectivity index (χ0) is 16.4. The van der Waals surface area contributed by atoms with E-state index in [0.717, 1.165) is 24.2 Å². The maximum Gasteiger partial charge on any atom is 0.227 e. The van der Waals surface area contributed by atoms with Crippen LogP contribution in [0.25, 0.3) is 0 Å². The molecule has 1 aromatic rings. The number of nitrogens with one attached hydrogen (secondary N) is 1. The largest absolute Gasteiger partial charge is 0.491 e. The number of hydrogen-bond acceptors (Lipinski definition) is 4. The molecule has 1 rings (SSSR count). The van der Waals surface area contributed by atoms with Gasteiger partial charge in [-0.1, -0.05) is 26.0 Å². The zero-order valence-electron chi connectivity index (χ0n) is 13.9. The summed E-state index contributed by atoms with van der Waals surface area (Å²) in [5.41, 5.74) is 6.37. The summed E-state index contributed by atoms with van der Waals surface area (Å²) in [6, 6.07) is 7.69. The number of amides is 1. The summed E-state index contributed by atoms with van der Waals surface area (Å²) in [6.45, 7) is 5.97. The van der Waals surface area contributed by atoms with E-state index in [1.54, 1.807) is 7.11 Å². The third kappa shape index (κ3) is 5.00. The fourth-order valence-corrected chi connectivity index (χ4v) is 2.27. The first-order valence-corrected chi connectivity index (χ1v) is 7.81. The van der Waals surface area contributed by atoms with E-state index in [2.05, 4.69) is 5.32 Å². The van der Waals surface area contributed by atoms with Crippen LogP contribution >= 0.6 is 0 Å². The van der Waals surface area contributed by atoms with E-state index in [1.807, 2.05) is 38.1 Å². The molecule has 0 heterocycles. The number of methoxy groups -OCH3 is 1. The number of hydrogen-bond donors (Lipinski definition) is 2. The molecule has 1 amide bonds. The number of nitrogens with two attached hydrogens (primary N) is 1. The van der Waals surface area contributed by atoms with Gasteiger partial charge in [0.25, 0.3) is 0 Å². The first-order valence-electron chi connectivity index (χ1n) is 7.81. The minimum absolute atomic E-state index is 0.0282. The highest BCUT2D eigenvalue weighted by molar-refractivity contribution is 5.82. The first-order chi connectivity index (χ1) is 10.6. The van der Waals surface area contributed by atoms with E-state index in [4.69, 9.17) is 15.2 Å². The number of carbonyl (C=O) groups excluding carboxylic acids is 1. The molecule has 3 N–H and O–H groups in total. The molecule has 5 nitrogen and oxygen atoms in total. The number of carbonyl (C=O) groups is 1. The molecule has 0 aliphatic carbocycles. The molecule has 0 spiro atoms. The van der Waals surface area contributed by atoms with E-state index in [0.29, 0.717) is 26.3 Å². The lowest BCUT2D eigenvalue weighted by atomic mass is 9.81. The Bertz CT molecular complexity index is 433. The lowest BCUT2D eigenvalue weighted by Crippen LogP contribution is -2.45. The van der Waals surface area contributed by atoms with Gasteiger partial charge in [0.15, 0.2) is 0 Å². The first kappa shape index (κ1) is 18.5. The minimum atomic E-state index is -0.455. The predicted octanol–water partition coefficient (Wildman–Crippen LogP) is 2.09. The second-order valence-electron chi connectivity index (χ2n) is 5.36. The van der Waals surface area contributed by atoms with Gasteiger partial charge < -0.3 is 20.5 Å². The van der Waals surface area contributed by atoms with Gasteiger partial charge in [-0.3, -0.25) is 4.79 Å². The molecule has 0 saturated carbocycles. The molecular formula is C17H28N2O3. The van der Waals surface area contributed by atoms with Gasteiger partial charge in [0.1, 0.15) is 12.4 Å². The highest BCUT2D eigenvalue weighted by Gasteiger charge is 2.32. The summed E-state index contributed by atoms with van der Waals surface area (Å²) >= 11 is 0. The van der Waals surface area contributed by atoms with Crippen LogP contribution in [-0.2, 0) is 16.1 Å². The van der Waals surface area contributed by atoms with Crippen molar-refractivity contribution in [3.63, 3.8) is 0 Å². The Hall–Kier alpha value is -1.59. The molecule has 0 aromatic heterocycles. The Labute approximate surface area is 133 Å². The molecule has 0 fully saturated rings. The third-order valence-electron chi connectivity index (χ3n) is 4.16. The van der Waals surface area contributed by atoms with Crippen LogP contribution in [0.2, 0.25) is 0 Å². The maximum atomic E-state index is 12.3. The van der Waals surface area contributed by atoms with Crippen LogP contribution < -0.4 is 15.8 Å². The topological polar surface area (TPSA) is 73.6 Å². The quantitative estimate of drug-likeness (QED) is 0.649. The van der Waals surface area contributed by atoms with E-state index < -0.39 is 5.41 Å². The van der Waals surface area contributed by atoms with Gasteiger partial charge >= 0.3 is 0 Å². The van der Waals surface area contributed by atoms with Crippen LogP contribution in [0.3, 0.4) is 0 Å². The van der Waals surface area contributed by atoms with Crippen molar-refractivity contribution in [2.45, 2.75) is 33.2 Å². The fourth-order valence-electron chi connectivity index (χ4n) is 2.27. The highest BCUT2D eigenvalue weighted by Crippen LogP contribution is 2.25. The van der Waals surface area contributed by atoms with Crippen LogP contribution in [0.5, 0.6) is 5.75 Å². The van der Waals surface area contributed by atoms with Crippen molar-refractivity contribution in [3.8, 4) is 5.75 Å². The van der Waals surface area contributed by atoms with Gasteiger partial charge in [-0.05, 0) is 30.5 Å². The maximum absolute atomic E-state index is 12.3. The predicted molar refractivity (Wildman–Crippen MR) is 87.7 cm³/mol. The number of rotatable bonds is 10. The van der Waals surface area contributed by atoms with E-state index >= 15 is 0 Å². The Balaban J connectivity index is 2.52. The summed E-state index contributed by atoms with van der Waals surface area (Å²) in [5, 5.41) is 2.98. The molecule has 0 atom stereocenters. The van der Waals surface area contributed by atoms with Gasteiger partial charge in [-0.2, -0.15) is 0 Å². The zero-order valence-corrected chi connectivity index (χ0v) is 13.9. The van der Waals surface area contributed by atoms with E-state index in [1.165, 1.54) is 0 Å². The van der Waals surface area contributed by atoms with E-state index in [-0.39, 0.29) is 5.91 Å². The molecule has 22 heavy (non-hydrogen) atoms. The molecule has 5 heteroatoms. The van der Waals surface area contributed by atoms with Gasteiger partial charge in [0.2, 0.25) is 5.91 Å². The molecule has 124 valence electrons. The smallest absolute Gasteiger partial charge is 0.227 e. The SMILES string of the molecule is CCC(CC)(CN)C(=O)NCc1ccc(OCCOC)cc1. The summed E-state index contributed by atoms with van der Waals surface area (Å²) < 4.78 is 10.4. The molecule has 0 radical (unpaired) electrons. The van der Waals surface area contributed by atoms with Crippen LogP contribution in [0, 0.1) is 5.41 Å². The highest BCUT2D eigenvalue weighted by atomic mass is 16.5. The van der Waals surface area contributed by atoms with Crippen LogP contribution in [-0.4, -0.2) is 32.8 Å². The monoisotopic (exact) mass is 308 g/mol. The van der Waals surface area contributed by atoms with Crippen LogP contribution in [0.15, 0.2) is 24.3 Å². The molecule has 0 aliphatic rings. The fraction of sp³-hybridized carbons (Fsp3) is 0.588. The normalized spacial score (nSPS) is 11.3. The average molecular weight is 308 g/mol. The van der Waals surface area contributed by atoms with Crippen molar-refractivity contribution in [1.29, 1.82) is 0 Å². The van der Waals surface area contributed by atoms with Crippen molar-refractivity contribution in [2.75, 3.05) is 26.9 Å². The number of ether oxygens (including phenoxy) is 2. The van der Waals surface area contributed by atoms with Crippen LogP contribution in [0.1, 0.15) is 32.3 Å². The van der Waals surface area contributed by atoms with Crippen molar-refractivity contribution in [1.82, 2.24) is 5.32 Å². The Morgan fingerprint density at radius 3 is 2.32 bits per heavy atom. The minimum Gasteiger partial charge on any atom is -0.491 e. The summed E-state index contributed by atoms with van der Waals surface area (Å²) in [7, 11) is 1.64. The van der Waals surface area contributed by atoms with Gasteiger partial charge in [-0.15, -0.1) is 0 Å². The van der Waals surface area contributed by atoms with Gasteiger partial charge in [0, 0.05) is 20.2 Å². The summed E-state index contributed by atoms with van der Waals surface area (Å²) in [5.74, 6) is 0.825. The Morgan fingerprint density at radius 2 is 1.82 bits per heavy atom. The molecule has 1 aromatic carbocycles. The van der Waals surface area contributed by atoms with Gasteiger partial charge in [-0.25, -0.2) is 0 Å². The lowest BCUT2D eigenvalue weighted by Gasteiger charge is -2.28. The third-order valence-corrected chi connectivity index (χ3v) is 4.16. The second-order valence-corrected chi connectivity index (χ2v) is 5.36. The lowest BCUT2D eigenvalue weighted by molar-refractivity contribution is -0.131. The molecule has 0 unspecified atom stereocenters. The van der Waals surface area contributed by atoms with Crippen molar-refractivity contribution in [2.24, 2.45) is 11.1 Å². The number of benzene rings is 1. The van der Waals surface area contributed by atoms with Crippen molar-refractivity contribution in [3.05, 3.63) is 29.8 Å². The van der Waals surface area contributed by atoms with Crippen LogP contribution in [0.4, 0.5) is 0 Å². The molecular weight excluding hydrogens is 280 g/mol. The standard InChI is InChI=1S/C17H28N2O3/c1-4-17(5-2,13-18)16(20)19-12-14-6-8-15(9-7-14)22-11-10-21-3/h6-9H,4-5,10-13,18H2,1-3H3,(H,19,20). The van der Waals surface area contributed by atoms with Crippen molar-refractivity contribution >= 4 is 5.91 Å². The summed E-state index contributed by atoms with van der Waals surface area (Å²) in [4.78, 5) is 12.3. The molecule has 0 bridgehead atoms. The van der Waals surface area contributed by atoms with E-state index in [9.17, 15) is 4.79 Å². The molecule has 0 saturated heterocycles. The molecule has 0 aliphatic heterocycles. The van der Waals surface area contributed by atoms with Gasteiger partial charge in [0.05, 0.1) is 12.0 Å². The second kappa shape index (κ2) is 9.43. The average Bonchev–Trinajstić information content (AvgIpc) is 2.56. The summed E-state index contributed by atoms with van der Waals surface area (Å²) in [6.07, 6.45) is 1.50.